The van der Waals surface area contributed by atoms with E-state index in [9.17, 15) is 0 Å². The Hall–Kier alpha value is -0.330. The van der Waals surface area contributed by atoms with Crippen LogP contribution in [0, 0.1) is 0 Å². The first-order valence-electron chi connectivity index (χ1n) is 5.95. The van der Waals surface area contributed by atoms with E-state index in [1.54, 1.807) is 23.1 Å². The second-order valence-corrected chi connectivity index (χ2v) is 7.39. The Morgan fingerprint density at radius 1 is 1.50 bits per heavy atom. The molecule has 0 saturated heterocycles. The van der Waals surface area contributed by atoms with Gasteiger partial charge < -0.3 is 0 Å². The van der Waals surface area contributed by atoms with Gasteiger partial charge in [0.15, 0.2) is 5.17 Å². The topological polar surface area (TPSA) is 28.0 Å². The van der Waals surface area contributed by atoms with Gasteiger partial charge in [0.05, 0.1) is 14.4 Å². The van der Waals surface area contributed by atoms with Crippen molar-refractivity contribution in [1.82, 2.24) is 5.01 Å². The van der Waals surface area contributed by atoms with Crippen LogP contribution in [0.2, 0.25) is 0 Å². The van der Waals surface area contributed by atoms with Crippen molar-refractivity contribution < 1.29 is 0 Å². The molecule has 0 aliphatic carbocycles. The molecule has 0 N–H and O–H groups in total. The van der Waals surface area contributed by atoms with Gasteiger partial charge in [-0.05, 0) is 34.5 Å². The fraction of sp³-hybridized carbons (Fsp3) is 0.500. The van der Waals surface area contributed by atoms with Gasteiger partial charge in [-0.15, -0.1) is 11.3 Å². The van der Waals surface area contributed by atoms with Gasteiger partial charge in [0.25, 0.3) is 0 Å². The predicted octanol–water partition coefficient (Wildman–Crippen LogP) is 4.05. The number of rotatable bonds is 4. The molecule has 0 atom stereocenters. The Morgan fingerprint density at radius 3 is 2.94 bits per heavy atom. The first-order valence-corrected chi connectivity index (χ1v) is 8.54. The summed E-state index contributed by atoms with van der Waals surface area (Å²) in [5.41, 5.74) is 1.13. The number of aliphatic imine (C=N–C) groups is 1. The number of amidine groups is 1. The monoisotopic (exact) mass is 345 g/mol. The SMILES string of the molecule is CCCCN=C1SCC(c2ccc(Br)s2)=NN1C. The zero-order chi connectivity index (χ0) is 13.0. The molecule has 0 radical (unpaired) electrons. The van der Waals surface area contributed by atoms with E-state index in [1.807, 2.05) is 12.1 Å². The molecule has 0 aromatic carbocycles. The van der Waals surface area contributed by atoms with E-state index in [-0.39, 0.29) is 0 Å². The van der Waals surface area contributed by atoms with E-state index in [0.29, 0.717) is 0 Å². The average molecular weight is 346 g/mol. The lowest BCUT2D eigenvalue weighted by atomic mass is 10.3. The fourth-order valence-electron chi connectivity index (χ4n) is 1.55. The van der Waals surface area contributed by atoms with Crippen LogP contribution in [-0.4, -0.2) is 35.2 Å². The number of hydrazone groups is 1. The maximum atomic E-state index is 4.61. The Bertz CT molecular complexity index is 468. The summed E-state index contributed by atoms with van der Waals surface area (Å²) in [6.45, 7) is 3.08. The highest BCUT2D eigenvalue weighted by molar-refractivity contribution is 9.11. The van der Waals surface area contributed by atoms with Crippen molar-refractivity contribution in [1.29, 1.82) is 0 Å². The summed E-state index contributed by atoms with van der Waals surface area (Å²) in [6.07, 6.45) is 2.33. The van der Waals surface area contributed by atoms with Gasteiger partial charge in [0, 0.05) is 19.3 Å². The molecule has 0 bridgehead atoms. The number of unbranched alkanes of at least 4 members (excludes halogenated alkanes) is 1. The van der Waals surface area contributed by atoms with Crippen molar-refractivity contribution in [2.24, 2.45) is 10.1 Å². The van der Waals surface area contributed by atoms with Crippen LogP contribution in [0.3, 0.4) is 0 Å². The highest BCUT2D eigenvalue weighted by Crippen LogP contribution is 2.26. The first kappa shape index (κ1) is 14.1. The molecule has 1 aliphatic rings. The summed E-state index contributed by atoms with van der Waals surface area (Å²) in [6, 6.07) is 4.18. The van der Waals surface area contributed by atoms with Crippen LogP contribution in [0.4, 0.5) is 0 Å². The molecular weight excluding hydrogens is 330 g/mol. The Balaban J connectivity index is 2.06. The summed E-state index contributed by atoms with van der Waals surface area (Å²) in [4.78, 5) is 5.81. The number of hydrogen-bond donors (Lipinski definition) is 0. The second-order valence-electron chi connectivity index (χ2n) is 3.98. The molecule has 98 valence electrons. The molecule has 0 spiro atoms. The quantitative estimate of drug-likeness (QED) is 0.770. The average Bonchev–Trinajstić information content (AvgIpc) is 2.78. The number of thiophene rings is 1. The van der Waals surface area contributed by atoms with Crippen LogP contribution < -0.4 is 0 Å². The van der Waals surface area contributed by atoms with Crippen LogP contribution in [0.25, 0.3) is 0 Å². The molecule has 2 rings (SSSR count). The molecule has 0 fully saturated rings. The molecule has 2 heterocycles. The maximum Gasteiger partial charge on any atom is 0.179 e. The van der Waals surface area contributed by atoms with Crippen molar-refractivity contribution in [3.63, 3.8) is 0 Å². The molecule has 0 unspecified atom stereocenters. The third-order valence-electron chi connectivity index (χ3n) is 2.50. The highest BCUT2D eigenvalue weighted by Gasteiger charge is 2.18. The number of hydrogen-bond acceptors (Lipinski definition) is 4. The van der Waals surface area contributed by atoms with E-state index < -0.39 is 0 Å². The summed E-state index contributed by atoms with van der Waals surface area (Å²) >= 11 is 6.98. The van der Waals surface area contributed by atoms with Gasteiger partial charge in [-0.25, -0.2) is 5.01 Å². The molecule has 18 heavy (non-hydrogen) atoms. The van der Waals surface area contributed by atoms with Gasteiger partial charge >= 0.3 is 0 Å². The third kappa shape index (κ3) is 3.59. The largest absolute Gasteiger partial charge is 0.261 e. The highest BCUT2D eigenvalue weighted by atomic mass is 79.9. The van der Waals surface area contributed by atoms with Crippen molar-refractivity contribution >= 4 is 49.9 Å². The maximum absolute atomic E-state index is 4.61. The second kappa shape index (κ2) is 6.73. The van der Waals surface area contributed by atoms with Crippen LogP contribution >= 0.6 is 39.0 Å². The smallest absolute Gasteiger partial charge is 0.179 e. The molecule has 3 nitrogen and oxygen atoms in total. The van der Waals surface area contributed by atoms with Gasteiger partial charge in [-0.1, -0.05) is 25.1 Å². The first-order chi connectivity index (χ1) is 8.70. The van der Waals surface area contributed by atoms with Crippen molar-refractivity contribution in [3.8, 4) is 0 Å². The van der Waals surface area contributed by atoms with E-state index >= 15 is 0 Å². The fourth-order valence-corrected chi connectivity index (χ4v) is 3.90. The lowest BCUT2D eigenvalue weighted by Gasteiger charge is -2.22. The van der Waals surface area contributed by atoms with Gasteiger partial charge in [0.2, 0.25) is 0 Å². The van der Waals surface area contributed by atoms with Crippen molar-refractivity contribution in [2.45, 2.75) is 19.8 Å². The van der Waals surface area contributed by atoms with Gasteiger partial charge in [0.1, 0.15) is 0 Å². The zero-order valence-electron chi connectivity index (χ0n) is 10.5. The molecule has 1 aromatic rings. The minimum atomic E-state index is 0.901. The Morgan fingerprint density at radius 2 is 2.33 bits per heavy atom. The van der Waals surface area contributed by atoms with E-state index in [4.69, 9.17) is 0 Å². The Labute approximate surface area is 124 Å². The molecule has 1 aliphatic heterocycles. The number of thioether (sulfide) groups is 1. The third-order valence-corrected chi connectivity index (χ3v) is 5.24. The van der Waals surface area contributed by atoms with Crippen molar-refractivity contribution in [2.75, 3.05) is 19.3 Å². The lowest BCUT2D eigenvalue weighted by molar-refractivity contribution is 0.549. The van der Waals surface area contributed by atoms with E-state index in [1.165, 1.54) is 11.3 Å². The van der Waals surface area contributed by atoms with Crippen LogP contribution in [0.5, 0.6) is 0 Å². The summed E-state index contributed by atoms with van der Waals surface area (Å²) in [5.74, 6) is 0.905. The predicted molar refractivity (Wildman–Crippen MR) is 86.0 cm³/mol. The molecule has 0 amide bonds. The summed E-state index contributed by atoms with van der Waals surface area (Å²) in [5, 5.41) is 7.54. The lowest BCUT2D eigenvalue weighted by Crippen LogP contribution is -2.27. The molecular formula is C12H16BrN3S2. The van der Waals surface area contributed by atoms with Crippen LogP contribution in [-0.2, 0) is 0 Å². The molecule has 0 saturated carbocycles. The number of halogens is 1. The van der Waals surface area contributed by atoms with E-state index in [2.05, 4.69) is 45.1 Å². The zero-order valence-corrected chi connectivity index (χ0v) is 13.7. The van der Waals surface area contributed by atoms with Crippen molar-refractivity contribution in [3.05, 3.63) is 20.8 Å². The Kier molecular flexibility index (Phi) is 5.26. The standard InChI is InChI=1S/C12H16BrN3S2/c1-3-4-7-14-12-16(2)15-9(8-17-12)10-5-6-11(13)18-10/h5-6H,3-4,7-8H2,1-2H3. The molecule has 1 aromatic heterocycles. The van der Waals surface area contributed by atoms with Crippen LogP contribution in [0.15, 0.2) is 26.0 Å². The summed E-state index contributed by atoms with van der Waals surface area (Å²) in [7, 11) is 1.97. The summed E-state index contributed by atoms with van der Waals surface area (Å²) < 4.78 is 1.15. The normalized spacial score (nSPS) is 18.3. The number of nitrogens with zero attached hydrogens (tertiary/aromatic N) is 3. The van der Waals surface area contributed by atoms with E-state index in [0.717, 1.165) is 33.4 Å². The minimum absolute atomic E-state index is 0.901. The minimum Gasteiger partial charge on any atom is -0.261 e. The van der Waals surface area contributed by atoms with Crippen LogP contribution in [0.1, 0.15) is 24.6 Å². The van der Waals surface area contributed by atoms with Gasteiger partial charge in [-0.2, -0.15) is 5.10 Å². The van der Waals surface area contributed by atoms with Gasteiger partial charge in [-0.3, -0.25) is 4.99 Å². The molecule has 6 heteroatoms.